The molecule has 1 N–H and O–H groups in total. The van der Waals surface area contributed by atoms with Crippen molar-refractivity contribution in [2.45, 2.75) is 34.1 Å². The number of nitrogens with zero attached hydrogens (tertiary/aromatic N) is 3. The predicted octanol–water partition coefficient (Wildman–Crippen LogP) is 3.88. The number of nitrogens with one attached hydrogen (secondary N) is 1. The molecule has 1 aromatic heterocycles. The van der Waals surface area contributed by atoms with Gasteiger partial charge in [-0.3, -0.25) is 4.79 Å². The van der Waals surface area contributed by atoms with Gasteiger partial charge in [0.25, 0.3) is 5.91 Å². The first-order valence-electron chi connectivity index (χ1n) is 10.7. The Bertz CT molecular complexity index is 898. The van der Waals surface area contributed by atoms with E-state index in [9.17, 15) is 9.59 Å². The van der Waals surface area contributed by atoms with Crippen molar-refractivity contribution in [1.82, 2.24) is 15.2 Å². The normalized spacial score (nSPS) is 14.3. The molecule has 1 aromatic carbocycles. The molecule has 166 valence electrons. The molecule has 2 amide bonds. The highest BCUT2D eigenvalue weighted by molar-refractivity contribution is 5.94. The van der Waals surface area contributed by atoms with Gasteiger partial charge >= 0.3 is 6.09 Å². The van der Waals surface area contributed by atoms with Crippen LogP contribution in [0, 0.1) is 12.3 Å². The summed E-state index contributed by atoms with van der Waals surface area (Å²) in [4.78, 5) is 33.2. The monoisotopic (exact) mass is 424 g/mol. The number of hydrogen-bond acceptors (Lipinski definition) is 5. The highest BCUT2D eigenvalue weighted by Crippen LogP contribution is 2.18. The number of amides is 2. The average molecular weight is 425 g/mol. The zero-order valence-electron chi connectivity index (χ0n) is 18.9. The standard InChI is InChI=1S/C24H32N4O3/c1-18-6-5-7-21(26-18)27-14-16-28(17-15-27)23(30)31-20-10-8-19(9-11-20)22(29)25-13-12-24(2,3)4/h5-11H,12-17H2,1-4H3,(H,25,29). The smallest absolute Gasteiger partial charge is 0.410 e. The summed E-state index contributed by atoms with van der Waals surface area (Å²) in [5, 5.41) is 2.92. The number of piperazine rings is 1. The second kappa shape index (κ2) is 9.81. The molecule has 0 atom stereocenters. The minimum absolute atomic E-state index is 0.122. The van der Waals surface area contributed by atoms with E-state index in [1.165, 1.54) is 0 Å². The largest absolute Gasteiger partial charge is 0.415 e. The minimum Gasteiger partial charge on any atom is -0.410 e. The molecule has 0 radical (unpaired) electrons. The van der Waals surface area contributed by atoms with Crippen molar-refractivity contribution < 1.29 is 14.3 Å². The number of aryl methyl sites for hydroxylation is 1. The summed E-state index contributed by atoms with van der Waals surface area (Å²) >= 11 is 0. The van der Waals surface area contributed by atoms with Crippen LogP contribution in [0.25, 0.3) is 0 Å². The Hall–Kier alpha value is -3.09. The molecule has 0 spiro atoms. The van der Waals surface area contributed by atoms with Crippen LogP contribution in [0.2, 0.25) is 0 Å². The molecular weight excluding hydrogens is 392 g/mol. The lowest BCUT2D eigenvalue weighted by Crippen LogP contribution is -2.49. The molecule has 1 aliphatic rings. The lowest BCUT2D eigenvalue weighted by Gasteiger charge is -2.34. The summed E-state index contributed by atoms with van der Waals surface area (Å²) in [6.45, 7) is 11.6. The molecule has 2 heterocycles. The summed E-state index contributed by atoms with van der Waals surface area (Å²) in [7, 11) is 0. The lowest BCUT2D eigenvalue weighted by molar-refractivity contribution is 0.0949. The summed E-state index contributed by atoms with van der Waals surface area (Å²) < 4.78 is 5.50. The first-order chi connectivity index (χ1) is 14.7. The van der Waals surface area contributed by atoms with Gasteiger partial charge in [0.2, 0.25) is 0 Å². The molecule has 1 aliphatic heterocycles. The summed E-state index contributed by atoms with van der Waals surface area (Å²) in [5.41, 5.74) is 1.70. The van der Waals surface area contributed by atoms with Gasteiger partial charge in [-0.2, -0.15) is 0 Å². The van der Waals surface area contributed by atoms with Crippen molar-refractivity contribution in [3.63, 3.8) is 0 Å². The van der Waals surface area contributed by atoms with Crippen molar-refractivity contribution in [3.05, 3.63) is 53.7 Å². The van der Waals surface area contributed by atoms with Gasteiger partial charge in [-0.15, -0.1) is 0 Å². The summed E-state index contributed by atoms with van der Waals surface area (Å²) in [5.74, 6) is 1.24. The molecule has 31 heavy (non-hydrogen) atoms. The molecule has 0 aliphatic carbocycles. The van der Waals surface area contributed by atoms with Crippen LogP contribution in [-0.4, -0.2) is 54.6 Å². The number of hydrogen-bond donors (Lipinski definition) is 1. The number of pyridine rings is 1. The SMILES string of the molecule is Cc1cccc(N2CCN(C(=O)Oc3ccc(C(=O)NCCC(C)(C)C)cc3)CC2)n1. The third-order valence-electron chi connectivity index (χ3n) is 5.22. The quantitative estimate of drug-likeness (QED) is 0.789. The Kier molecular flexibility index (Phi) is 7.15. The Morgan fingerprint density at radius 3 is 2.32 bits per heavy atom. The number of carbonyl (C=O) groups excluding carboxylic acids is 2. The van der Waals surface area contributed by atoms with Crippen molar-refractivity contribution in [2.24, 2.45) is 5.41 Å². The molecule has 7 heteroatoms. The zero-order valence-corrected chi connectivity index (χ0v) is 18.9. The Labute approximate surface area is 184 Å². The van der Waals surface area contributed by atoms with E-state index in [1.807, 2.05) is 25.1 Å². The minimum atomic E-state index is -0.376. The van der Waals surface area contributed by atoms with Gasteiger partial charge in [-0.25, -0.2) is 9.78 Å². The third kappa shape index (κ3) is 6.70. The second-order valence-electron chi connectivity index (χ2n) is 9.07. The average Bonchev–Trinajstić information content (AvgIpc) is 2.73. The van der Waals surface area contributed by atoms with Gasteiger partial charge in [0.1, 0.15) is 11.6 Å². The van der Waals surface area contributed by atoms with E-state index in [-0.39, 0.29) is 17.4 Å². The van der Waals surface area contributed by atoms with Crippen LogP contribution in [0.5, 0.6) is 5.75 Å². The van der Waals surface area contributed by atoms with Crippen LogP contribution >= 0.6 is 0 Å². The Morgan fingerprint density at radius 2 is 1.71 bits per heavy atom. The van der Waals surface area contributed by atoms with Gasteiger partial charge in [0.15, 0.2) is 0 Å². The molecule has 1 saturated heterocycles. The number of benzene rings is 1. The topological polar surface area (TPSA) is 74.8 Å². The van der Waals surface area contributed by atoms with Crippen LogP contribution in [0.3, 0.4) is 0 Å². The summed E-state index contributed by atoms with van der Waals surface area (Å²) in [6.07, 6.45) is 0.529. The van der Waals surface area contributed by atoms with Gasteiger partial charge < -0.3 is 19.9 Å². The molecule has 7 nitrogen and oxygen atoms in total. The van der Waals surface area contributed by atoms with Gasteiger partial charge in [0, 0.05) is 44.0 Å². The zero-order chi connectivity index (χ0) is 22.4. The maximum Gasteiger partial charge on any atom is 0.415 e. The van der Waals surface area contributed by atoms with Crippen LogP contribution < -0.4 is 15.0 Å². The van der Waals surface area contributed by atoms with Crippen LogP contribution in [0.4, 0.5) is 10.6 Å². The fraction of sp³-hybridized carbons (Fsp3) is 0.458. The lowest BCUT2D eigenvalue weighted by atomic mass is 9.92. The molecule has 0 bridgehead atoms. The number of rotatable bonds is 5. The van der Waals surface area contributed by atoms with E-state index >= 15 is 0 Å². The molecule has 1 fully saturated rings. The highest BCUT2D eigenvalue weighted by atomic mass is 16.6. The van der Waals surface area contributed by atoms with Crippen molar-refractivity contribution in [1.29, 1.82) is 0 Å². The maximum absolute atomic E-state index is 12.5. The van der Waals surface area contributed by atoms with Crippen LogP contribution in [0.1, 0.15) is 43.2 Å². The fourth-order valence-electron chi connectivity index (χ4n) is 3.32. The Morgan fingerprint density at radius 1 is 1.03 bits per heavy atom. The van der Waals surface area contributed by atoms with Crippen molar-refractivity contribution in [2.75, 3.05) is 37.6 Å². The number of anilines is 1. The molecule has 0 saturated carbocycles. The van der Waals surface area contributed by atoms with Gasteiger partial charge in [0.05, 0.1) is 0 Å². The number of carbonyl (C=O) groups is 2. The predicted molar refractivity (Wildman–Crippen MR) is 122 cm³/mol. The van der Waals surface area contributed by atoms with E-state index in [0.29, 0.717) is 44.0 Å². The van der Waals surface area contributed by atoms with Crippen LogP contribution in [0.15, 0.2) is 42.5 Å². The molecular formula is C24H32N4O3. The third-order valence-corrected chi connectivity index (χ3v) is 5.22. The highest BCUT2D eigenvalue weighted by Gasteiger charge is 2.23. The maximum atomic E-state index is 12.5. The van der Waals surface area contributed by atoms with Gasteiger partial charge in [-0.1, -0.05) is 26.8 Å². The molecule has 3 rings (SSSR count). The number of ether oxygens (including phenoxy) is 1. The van der Waals surface area contributed by atoms with Gasteiger partial charge in [-0.05, 0) is 55.2 Å². The first-order valence-corrected chi connectivity index (χ1v) is 10.7. The molecule has 0 unspecified atom stereocenters. The van der Waals surface area contributed by atoms with E-state index in [2.05, 4.69) is 36.0 Å². The van der Waals surface area contributed by atoms with Crippen molar-refractivity contribution in [3.8, 4) is 5.75 Å². The van der Waals surface area contributed by atoms with Crippen LogP contribution in [-0.2, 0) is 0 Å². The second-order valence-corrected chi connectivity index (χ2v) is 9.07. The van der Waals surface area contributed by atoms with E-state index < -0.39 is 0 Å². The Balaban J connectivity index is 1.47. The first kappa shape index (κ1) is 22.6. The number of aromatic nitrogens is 1. The summed E-state index contributed by atoms with van der Waals surface area (Å²) in [6, 6.07) is 12.6. The van der Waals surface area contributed by atoms with E-state index in [0.717, 1.165) is 17.9 Å². The van der Waals surface area contributed by atoms with E-state index in [1.54, 1.807) is 29.2 Å². The fourth-order valence-corrected chi connectivity index (χ4v) is 3.32. The molecule has 2 aromatic rings. The van der Waals surface area contributed by atoms with E-state index in [4.69, 9.17) is 4.74 Å². The van der Waals surface area contributed by atoms with Crippen molar-refractivity contribution >= 4 is 17.8 Å².